The SMILES string of the molecule is CCOC(=O)c1cn2nc(SC)nc(N3CCOCC3)c2n1. The number of ether oxygens (including phenoxy) is 2. The average molecular weight is 323 g/mol. The summed E-state index contributed by atoms with van der Waals surface area (Å²) in [5, 5.41) is 4.98. The highest BCUT2D eigenvalue weighted by Gasteiger charge is 2.21. The van der Waals surface area contributed by atoms with Gasteiger partial charge in [-0.25, -0.2) is 14.3 Å². The van der Waals surface area contributed by atoms with Crippen molar-refractivity contribution in [2.75, 3.05) is 44.1 Å². The molecule has 0 spiro atoms. The lowest BCUT2D eigenvalue weighted by Crippen LogP contribution is -2.37. The summed E-state index contributed by atoms with van der Waals surface area (Å²) in [5.41, 5.74) is 0.798. The summed E-state index contributed by atoms with van der Waals surface area (Å²) in [6.45, 7) is 4.85. The van der Waals surface area contributed by atoms with Crippen LogP contribution in [-0.2, 0) is 9.47 Å². The van der Waals surface area contributed by atoms with Crippen LogP contribution in [0.3, 0.4) is 0 Å². The molecule has 9 heteroatoms. The molecule has 0 amide bonds. The predicted octanol–water partition coefficient (Wildman–Crippen LogP) is 0.859. The molecule has 0 aromatic carbocycles. The maximum atomic E-state index is 11.9. The number of carbonyl (C=O) groups excluding carboxylic acids is 1. The van der Waals surface area contributed by atoms with Crippen LogP contribution in [0.15, 0.2) is 11.4 Å². The van der Waals surface area contributed by atoms with E-state index in [-0.39, 0.29) is 5.69 Å². The number of rotatable bonds is 4. The van der Waals surface area contributed by atoms with E-state index in [0.29, 0.717) is 30.6 Å². The normalized spacial score (nSPS) is 15.3. The fourth-order valence-corrected chi connectivity index (χ4v) is 2.58. The molecular weight excluding hydrogens is 306 g/mol. The van der Waals surface area contributed by atoms with Crippen LogP contribution in [0.5, 0.6) is 0 Å². The van der Waals surface area contributed by atoms with E-state index < -0.39 is 5.97 Å². The van der Waals surface area contributed by atoms with Crippen LogP contribution in [0.25, 0.3) is 5.65 Å². The van der Waals surface area contributed by atoms with Gasteiger partial charge in [-0.15, -0.1) is 5.10 Å². The van der Waals surface area contributed by atoms with Crippen LogP contribution < -0.4 is 4.90 Å². The van der Waals surface area contributed by atoms with Crippen molar-refractivity contribution in [3.63, 3.8) is 0 Å². The molecule has 0 saturated carbocycles. The number of thioether (sulfide) groups is 1. The van der Waals surface area contributed by atoms with Crippen molar-refractivity contribution in [1.82, 2.24) is 19.6 Å². The zero-order chi connectivity index (χ0) is 15.5. The lowest BCUT2D eigenvalue weighted by atomic mass is 10.4. The van der Waals surface area contributed by atoms with Gasteiger partial charge in [0.25, 0.3) is 0 Å². The van der Waals surface area contributed by atoms with Crippen molar-refractivity contribution in [3.8, 4) is 0 Å². The van der Waals surface area contributed by atoms with Gasteiger partial charge in [0.1, 0.15) is 0 Å². The summed E-state index contributed by atoms with van der Waals surface area (Å²) in [6, 6.07) is 0. The topological polar surface area (TPSA) is 81.9 Å². The van der Waals surface area contributed by atoms with Crippen molar-refractivity contribution < 1.29 is 14.3 Å². The Bertz CT molecular complexity index is 684. The molecule has 1 fully saturated rings. The number of hydrogen-bond donors (Lipinski definition) is 0. The predicted molar refractivity (Wildman–Crippen MR) is 81.6 cm³/mol. The van der Waals surface area contributed by atoms with Crippen LogP contribution in [0.4, 0.5) is 5.82 Å². The Labute approximate surface area is 131 Å². The molecule has 0 atom stereocenters. The van der Waals surface area contributed by atoms with Crippen LogP contribution in [-0.4, -0.2) is 64.7 Å². The Morgan fingerprint density at radius 3 is 2.86 bits per heavy atom. The molecule has 1 aliphatic rings. The number of anilines is 1. The third-order valence-electron chi connectivity index (χ3n) is 3.26. The van der Waals surface area contributed by atoms with Gasteiger partial charge in [-0.3, -0.25) is 0 Å². The molecule has 0 bridgehead atoms. The van der Waals surface area contributed by atoms with Crippen molar-refractivity contribution in [3.05, 3.63) is 11.9 Å². The number of carbonyl (C=O) groups is 1. The number of imidazole rings is 1. The molecule has 0 aliphatic carbocycles. The first-order valence-electron chi connectivity index (χ1n) is 7.04. The molecule has 2 aromatic heterocycles. The second-order valence-corrected chi connectivity index (χ2v) is 5.41. The van der Waals surface area contributed by atoms with Gasteiger partial charge in [-0.2, -0.15) is 4.98 Å². The van der Waals surface area contributed by atoms with Crippen molar-refractivity contribution in [2.45, 2.75) is 12.1 Å². The van der Waals surface area contributed by atoms with Gasteiger partial charge in [0.2, 0.25) is 5.16 Å². The van der Waals surface area contributed by atoms with E-state index in [4.69, 9.17) is 9.47 Å². The molecule has 0 unspecified atom stereocenters. The minimum atomic E-state index is -0.452. The summed E-state index contributed by atoms with van der Waals surface area (Å²) < 4.78 is 12.0. The third kappa shape index (κ3) is 2.86. The second kappa shape index (κ2) is 6.49. The minimum absolute atomic E-state index is 0.240. The highest BCUT2D eigenvalue weighted by atomic mass is 32.2. The number of fused-ring (bicyclic) bond motifs is 1. The fourth-order valence-electron chi connectivity index (χ4n) is 2.23. The maximum absolute atomic E-state index is 11.9. The van der Waals surface area contributed by atoms with Crippen LogP contribution in [0, 0.1) is 0 Å². The molecule has 2 aromatic rings. The first-order chi connectivity index (χ1) is 10.7. The summed E-state index contributed by atoms with van der Waals surface area (Å²) in [4.78, 5) is 22.9. The summed E-state index contributed by atoms with van der Waals surface area (Å²) in [7, 11) is 0. The van der Waals surface area contributed by atoms with Gasteiger partial charge in [0.05, 0.1) is 26.0 Å². The highest BCUT2D eigenvalue weighted by Crippen LogP contribution is 2.22. The molecule has 1 saturated heterocycles. The van der Waals surface area contributed by atoms with Crippen molar-refractivity contribution in [2.24, 2.45) is 0 Å². The molecule has 0 N–H and O–H groups in total. The molecule has 3 rings (SSSR count). The summed E-state index contributed by atoms with van der Waals surface area (Å²) >= 11 is 1.44. The minimum Gasteiger partial charge on any atom is -0.461 e. The van der Waals surface area contributed by atoms with Gasteiger partial charge in [0.15, 0.2) is 17.2 Å². The Morgan fingerprint density at radius 1 is 1.41 bits per heavy atom. The number of aromatic nitrogens is 4. The van der Waals surface area contributed by atoms with Gasteiger partial charge in [0, 0.05) is 13.1 Å². The molecule has 22 heavy (non-hydrogen) atoms. The smallest absolute Gasteiger partial charge is 0.358 e. The number of hydrogen-bond acceptors (Lipinski definition) is 8. The van der Waals surface area contributed by atoms with E-state index in [1.807, 2.05) is 6.26 Å². The fraction of sp³-hybridized carbons (Fsp3) is 0.538. The van der Waals surface area contributed by atoms with Gasteiger partial charge < -0.3 is 14.4 Å². The third-order valence-corrected chi connectivity index (χ3v) is 3.80. The zero-order valence-electron chi connectivity index (χ0n) is 12.5. The molecule has 1 aliphatic heterocycles. The van der Waals surface area contributed by atoms with Crippen molar-refractivity contribution >= 4 is 29.2 Å². The largest absolute Gasteiger partial charge is 0.461 e. The van der Waals surface area contributed by atoms with Crippen LogP contribution >= 0.6 is 11.8 Å². The highest BCUT2D eigenvalue weighted by molar-refractivity contribution is 7.98. The van der Waals surface area contributed by atoms with Crippen LogP contribution in [0.2, 0.25) is 0 Å². The standard InChI is InChI=1S/C13H17N5O3S/c1-3-21-12(19)9-8-18-11(14-9)10(15-13(16-18)22-2)17-4-6-20-7-5-17/h8H,3-7H2,1-2H3. The van der Waals surface area contributed by atoms with E-state index >= 15 is 0 Å². The van der Waals surface area contributed by atoms with Gasteiger partial charge in [-0.05, 0) is 13.2 Å². The van der Waals surface area contributed by atoms with Gasteiger partial charge >= 0.3 is 5.97 Å². The van der Waals surface area contributed by atoms with E-state index in [1.54, 1.807) is 17.6 Å². The Morgan fingerprint density at radius 2 is 2.18 bits per heavy atom. The number of esters is 1. The van der Waals surface area contributed by atoms with Crippen LogP contribution in [0.1, 0.15) is 17.4 Å². The summed E-state index contributed by atoms with van der Waals surface area (Å²) in [6.07, 6.45) is 3.49. The first-order valence-corrected chi connectivity index (χ1v) is 8.26. The monoisotopic (exact) mass is 323 g/mol. The van der Waals surface area contributed by atoms with E-state index in [2.05, 4.69) is 20.0 Å². The number of morpholine rings is 1. The lowest BCUT2D eigenvalue weighted by molar-refractivity contribution is 0.0520. The second-order valence-electron chi connectivity index (χ2n) is 4.64. The Kier molecular flexibility index (Phi) is 4.44. The van der Waals surface area contributed by atoms with E-state index in [9.17, 15) is 4.79 Å². The Hall–Kier alpha value is -1.87. The Balaban J connectivity index is 2.06. The number of nitrogens with zero attached hydrogens (tertiary/aromatic N) is 5. The molecule has 118 valence electrons. The first kappa shape index (κ1) is 15.0. The lowest BCUT2D eigenvalue weighted by Gasteiger charge is -2.27. The molecular formula is C13H17N5O3S. The molecule has 8 nitrogen and oxygen atoms in total. The molecule has 3 heterocycles. The van der Waals surface area contributed by atoms with Crippen molar-refractivity contribution in [1.29, 1.82) is 0 Å². The van der Waals surface area contributed by atoms with E-state index in [1.165, 1.54) is 11.8 Å². The van der Waals surface area contributed by atoms with Gasteiger partial charge in [-0.1, -0.05) is 11.8 Å². The zero-order valence-corrected chi connectivity index (χ0v) is 13.3. The maximum Gasteiger partial charge on any atom is 0.358 e. The van der Waals surface area contributed by atoms with E-state index in [0.717, 1.165) is 18.9 Å². The average Bonchev–Trinajstić information content (AvgIpc) is 2.99. The quantitative estimate of drug-likeness (QED) is 0.605. The summed E-state index contributed by atoms with van der Waals surface area (Å²) in [5.74, 6) is 0.268. The molecule has 0 radical (unpaired) electrons.